The molecule has 7 heteroatoms. The first-order valence-electron chi connectivity index (χ1n) is 6.86. The van der Waals surface area contributed by atoms with Crippen LogP contribution in [-0.4, -0.2) is 47.8 Å². The van der Waals surface area contributed by atoms with E-state index in [1.807, 2.05) is 24.3 Å². The molecule has 0 saturated carbocycles. The lowest BCUT2D eigenvalue weighted by Gasteiger charge is -2.18. The van der Waals surface area contributed by atoms with E-state index >= 15 is 0 Å². The van der Waals surface area contributed by atoms with Gasteiger partial charge in [0.25, 0.3) is 0 Å². The lowest BCUT2D eigenvalue weighted by atomic mass is 10.0. The fourth-order valence-corrected chi connectivity index (χ4v) is 2.22. The van der Waals surface area contributed by atoms with E-state index in [1.165, 1.54) is 7.11 Å². The summed E-state index contributed by atoms with van der Waals surface area (Å²) < 4.78 is 4.72. The van der Waals surface area contributed by atoms with E-state index < -0.39 is 30.6 Å². The van der Waals surface area contributed by atoms with Crippen molar-refractivity contribution in [3.63, 3.8) is 0 Å². The summed E-state index contributed by atoms with van der Waals surface area (Å²) in [4.78, 5) is 26.8. The summed E-state index contributed by atoms with van der Waals surface area (Å²) >= 11 is 0. The molecule has 0 aliphatic rings. The van der Waals surface area contributed by atoms with Crippen LogP contribution in [0.5, 0.6) is 0 Å². The SMILES string of the molecule is COC(=O)[C@H](Cc1c[nH]c2ccccc12)NC(=O)[C@@H](N)CO. The van der Waals surface area contributed by atoms with E-state index in [1.54, 1.807) is 6.20 Å². The Bertz CT molecular complexity index is 668. The van der Waals surface area contributed by atoms with E-state index in [9.17, 15) is 9.59 Å². The molecule has 2 aromatic rings. The van der Waals surface area contributed by atoms with Gasteiger partial charge in [-0.05, 0) is 11.6 Å². The minimum Gasteiger partial charge on any atom is -0.467 e. The van der Waals surface area contributed by atoms with Crippen molar-refractivity contribution in [1.29, 1.82) is 0 Å². The van der Waals surface area contributed by atoms with Crippen molar-refractivity contribution in [2.45, 2.75) is 18.5 Å². The largest absolute Gasteiger partial charge is 0.467 e. The molecule has 22 heavy (non-hydrogen) atoms. The van der Waals surface area contributed by atoms with E-state index in [4.69, 9.17) is 15.6 Å². The molecule has 5 N–H and O–H groups in total. The monoisotopic (exact) mass is 305 g/mol. The zero-order valence-corrected chi connectivity index (χ0v) is 12.2. The highest BCUT2D eigenvalue weighted by atomic mass is 16.5. The summed E-state index contributed by atoms with van der Waals surface area (Å²) in [5, 5.41) is 12.4. The Kier molecular flexibility index (Phi) is 5.13. The smallest absolute Gasteiger partial charge is 0.328 e. The number of H-pyrrole nitrogens is 1. The van der Waals surface area contributed by atoms with Crippen molar-refractivity contribution in [2.24, 2.45) is 5.73 Å². The van der Waals surface area contributed by atoms with Crippen LogP contribution in [0, 0.1) is 0 Å². The molecule has 1 heterocycles. The van der Waals surface area contributed by atoms with Crippen molar-refractivity contribution in [3.05, 3.63) is 36.0 Å². The average molecular weight is 305 g/mol. The number of esters is 1. The van der Waals surface area contributed by atoms with Crippen LogP contribution >= 0.6 is 0 Å². The molecule has 1 aromatic heterocycles. The number of benzene rings is 1. The summed E-state index contributed by atoms with van der Waals surface area (Å²) in [6, 6.07) is 5.71. The van der Waals surface area contributed by atoms with Crippen molar-refractivity contribution in [3.8, 4) is 0 Å². The zero-order chi connectivity index (χ0) is 16.1. The maximum Gasteiger partial charge on any atom is 0.328 e. The number of aliphatic hydroxyl groups excluding tert-OH is 1. The number of carbonyl (C=O) groups is 2. The third kappa shape index (κ3) is 3.44. The van der Waals surface area contributed by atoms with Gasteiger partial charge in [0.2, 0.25) is 5.91 Å². The molecule has 0 bridgehead atoms. The third-order valence-electron chi connectivity index (χ3n) is 3.43. The number of nitrogens with one attached hydrogen (secondary N) is 2. The van der Waals surface area contributed by atoms with Gasteiger partial charge in [0.05, 0.1) is 13.7 Å². The van der Waals surface area contributed by atoms with Gasteiger partial charge in [-0.3, -0.25) is 4.79 Å². The van der Waals surface area contributed by atoms with Crippen LogP contribution in [0.4, 0.5) is 0 Å². The maximum atomic E-state index is 11.9. The highest BCUT2D eigenvalue weighted by Gasteiger charge is 2.25. The Morgan fingerprint density at radius 1 is 1.41 bits per heavy atom. The van der Waals surface area contributed by atoms with Crippen molar-refractivity contribution >= 4 is 22.8 Å². The Morgan fingerprint density at radius 2 is 2.14 bits per heavy atom. The molecule has 2 atom stereocenters. The van der Waals surface area contributed by atoms with E-state index in [0.717, 1.165) is 16.5 Å². The van der Waals surface area contributed by atoms with Crippen molar-refractivity contribution in [1.82, 2.24) is 10.3 Å². The number of amides is 1. The Labute approximate surface area is 127 Å². The summed E-state index contributed by atoms with van der Waals surface area (Å²) in [5.41, 5.74) is 7.27. The predicted octanol–water partition coefficient (Wildman–Crippen LogP) is -0.312. The molecular weight excluding hydrogens is 286 g/mol. The molecule has 0 aliphatic heterocycles. The highest BCUT2D eigenvalue weighted by molar-refractivity contribution is 5.89. The standard InChI is InChI=1S/C15H19N3O4/c1-22-15(21)13(18-14(20)11(16)8-19)6-9-7-17-12-5-3-2-4-10(9)12/h2-5,7,11,13,17,19H,6,8,16H2,1H3,(H,18,20)/t11-,13-/m0/s1. The Hall–Kier alpha value is -2.38. The molecule has 7 nitrogen and oxygen atoms in total. The minimum atomic E-state index is -1.07. The number of fused-ring (bicyclic) bond motifs is 1. The van der Waals surface area contributed by atoms with Gasteiger partial charge in [0.1, 0.15) is 12.1 Å². The van der Waals surface area contributed by atoms with Gasteiger partial charge in [-0.2, -0.15) is 0 Å². The van der Waals surface area contributed by atoms with E-state index in [2.05, 4.69) is 10.3 Å². The summed E-state index contributed by atoms with van der Waals surface area (Å²) in [6.45, 7) is -0.493. The normalized spacial score (nSPS) is 13.6. The first-order chi connectivity index (χ1) is 10.6. The second-order valence-corrected chi connectivity index (χ2v) is 4.94. The third-order valence-corrected chi connectivity index (χ3v) is 3.43. The summed E-state index contributed by atoms with van der Waals surface area (Å²) in [6.07, 6.45) is 2.05. The van der Waals surface area contributed by atoms with Gasteiger partial charge < -0.3 is 25.9 Å². The van der Waals surface area contributed by atoms with Gasteiger partial charge in [-0.1, -0.05) is 18.2 Å². The maximum absolute atomic E-state index is 11.9. The molecule has 0 unspecified atom stereocenters. The van der Waals surface area contributed by atoms with E-state index in [0.29, 0.717) is 0 Å². The number of aromatic nitrogens is 1. The topological polar surface area (TPSA) is 117 Å². The highest BCUT2D eigenvalue weighted by Crippen LogP contribution is 2.19. The molecule has 0 radical (unpaired) electrons. The Morgan fingerprint density at radius 3 is 2.82 bits per heavy atom. The quantitative estimate of drug-likeness (QED) is 0.546. The van der Waals surface area contributed by atoms with Gasteiger partial charge >= 0.3 is 5.97 Å². The summed E-state index contributed by atoms with van der Waals surface area (Å²) in [7, 11) is 1.25. The van der Waals surface area contributed by atoms with Gasteiger partial charge in [0.15, 0.2) is 0 Å². The molecule has 2 rings (SSSR count). The van der Waals surface area contributed by atoms with Crippen molar-refractivity contribution in [2.75, 3.05) is 13.7 Å². The van der Waals surface area contributed by atoms with Crippen LogP contribution in [0.3, 0.4) is 0 Å². The first kappa shape index (κ1) is 16.0. The molecule has 0 saturated heterocycles. The van der Waals surface area contributed by atoms with Crippen LogP contribution in [0.2, 0.25) is 0 Å². The van der Waals surface area contributed by atoms with Gasteiger partial charge in [0, 0.05) is 23.5 Å². The lowest BCUT2D eigenvalue weighted by molar-refractivity contribution is -0.145. The second kappa shape index (κ2) is 7.06. The van der Waals surface area contributed by atoms with E-state index in [-0.39, 0.29) is 6.42 Å². The van der Waals surface area contributed by atoms with Crippen LogP contribution < -0.4 is 11.1 Å². The fourth-order valence-electron chi connectivity index (χ4n) is 2.22. The molecule has 0 fully saturated rings. The number of hydrogen-bond donors (Lipinski definition) is 4. The number of nitrogens with two attached hydrogens (primary N) is 1. The van der Waals surface area contributed by atoms with Crippen LogP contribution in [0.1, 0.15) is 5.56 Å². The van der Waals surface area contributed by atoms with Crippen LogP contribution in [0.25, 0.3) is 10.9 Å². The number of carbonyl (C=O) groups excluding carboxylic acids is 2. The van der Waals surface area contributed by atoms with Crippen LogP contribution in [0.15, 0.2) is 30.5 Å². The van der Waals surface area contributed by atoms with Gasteiger partial charge in [-0.25, -0.2) is 4.79 Å². The molecule has 118 valence electrons. The number of ether oxygens (including phenoxy) is 1. The second-order valence-electron chi connectivity index (χ2n) is 4.94. The number of aliphatic hydroxyl groups is 1. The molecule has 0 spiro atoms. The molecule has 1 aromatic carbocycles. The number of aromatic amines is 1. The van der Waals surface area contributed by atoms with Crippen molar-refractivity contribution < 1.29 is 19.4 Å². The number of rotatable bonds is 6. The predicted molar refractivity (Wildman–Crippen MR) is 81.0 cm³/mol. The van der Waals surface area contributed by atoms with Crippen LogP contribution in [-0.2, 0) is 20.7 Å². The number of para-hydroxylation sites is 1. The average Bonchev–Trinajstić information content (AvgIpc) is 2.95. The zero-order valence-electron chi connectivity index (χ0n) is 12.2. The Balaban J connectivity index is 2.19. The van der Waals surface area contributed by atoms with Gasteiger partial charge in [-0.15, -0.1) is 0 Å². The molecule has 1 amide bonds. The molecular formula is C15H19N3O4. The summed E-state index contributed by atoms with van der Waals surface area (Å²) in [5.74, 6) is -1.17. The number of methoxy groups -OCH3 is 1. The minimum absolute atomic E-state index is 0.264. The number of hydrogen-bond acceptors (Lipinski definition) is 5. The first-order valence-corrected chi connectivity index (χ1v) is 6.86. The fraction of sp³-hybridized carbons (Fsp3) is 0.333. The molecule has 0 aliphatic carbocycles. The lowest BCUT2D eigenvalue weighted by Crippen LogP contribution is -2.50.